The maximum Gasteiger partial charge on any atom is 0.269 e. The minimum atomic E-state index is -0.483. The molecule has 0 radical (unpaired) electrons. The maximum absolute atomic E-state index is 12.2. The van der Waals surface area contributed by atoms with E-state index in [2.05, 4.69) is 15.4 Å². The third kappa shape index (κ3) is 5.10. The van der Waals surface area contributed by atoms with E-state index in [-0.39, 0.29) is 23.6 Å². The second-order valence-corrected chi connectivity index (χ2v) is 6.43. The number of amides is 1. The van der Waals surface area contributed by atoms with E-state index in [1.54, 1.807) is 31.5 Å². The molecule has 0 saturated heterocycles. The largest absolute Gasteiger partial charge is 0.326 e. The molecule has 9 nitrogen and oxygen atoms in total. The van der Waals surface area contributed by atoms with Gasteiger partial charge in [0.05, 0.1) is 10.6 Å². The van der Waals surface area contributed by atoms with Crippen molar-refractivity contribution in [2.75, 3.05) is 5.32 Å². The van der Waals surface area contributed by atoms with Gasteiger partial charge in [0.15, 0.2) is 0 Å². The van der Waals surface area contributed by atoms with Crippen LogP contribution in [0.1, 0.15) is 18.4 Å². The predicted molar refractivity (Wildman–Crippen MR) is 107 cm³/mol. The summed E-state index contributed by atoms with van der Waals surface area (Å²) in [5.74, 6) is -0.238. The Labute approximate surface area is 166 Å². The van der Waals surface area contributed by atoms with Crippen LogP contribution in [0.3, 0.4) is 0 Å². The van der Waals surface area contributed by atoms with E-state index < -0.39 is 4.92 Å². The number of carbonyl (C=O) groups is 1. The molecule has 0 spiro atoms. The van der Waals surface area contributed by atoms with E-state index in [4.69, 9.17) is 0 Å². The molecule has 1 aromatic carbocycles. The molecule has 0 aliphatic rings. The number of nitrogens with zero attached hydrogens (tertiary/aromatic N) is 4. The predicted octanol–water partition coefficient (Wildman–Crippen LogP) is 2.94. The Morgan fingerprint density at radius 3 is 2.76 bits per heavy atom. The van der Waals surface area contributed by atoms with Gasteiger partial charge in [0.25, 0.3) is 11.2 Å². The van der Waals surface area contributed by atoms with Crippen molar-refractivity contribution < 1.29 is 9.72 Å². The van der Waals surface area contributed by atoms with Crippen molar-refractivity contribution in [2.24, 2.45) is 0 Å². The number of carbonyl (C=O) groups excluding carboxylic acids is 1. The highest BCUT2D eigenvalue weighted by Crippen LogP contribution is 2.21. The normalized spacial score (nSPS) is 10.5. The van der Waals surface area contributed by atoms with Gasteiger partial charge >= 0.3 is 0 Å². The number of anilines is 1. The topological polar surface area (TPSA) is 120 Å². The molecule has 9 heteroatoms. The highest BCUT2D eigenvalue weighted by atomic mass is 16.6. The van der Waals surface area contributed by atoms with Crippen LogP contribution < -0.4 is 10.9 Å². The van der Waals surface area contributed by atoms with Gasteiger partial charge in [0.1, 0.15) is 0 Å². The molecule has 0 atom stereocenters. The molecule has 1 N–H and O–H groups in total. The molecule has 3 aromatic rings. The van der Waals surface area contributed by atoms with Gasteiger partial charge in [0, 0.05) is 54.8 Å². The Hall–Kier alpha value is -3.88. The minimum Gasteiger partial charge on any atom is -0.326 e. The summed E-state index contributed by atoms with van der Waals surface area (Å²) in [5.41, 5.74) is 2.28. The van der Waals surface area contributed by atoms with Crippen molar-refractivity contribution in [2.45, 2.75) is 26.3 Å². The number of rotatable bonds is 7. The number of non-ortho nitro benzene ring substituents is 1. The number of nitrogens with one attached hydrogen (secondary N) is 1. The summed E-state index contributed by atoms with van der Waals surface area (Å²) in [6, 6.07) is 11.0. The average molecular weight is 393 g/mol. The second kappa shape index (κ2) is 8.87. The number of benzene rings is 1. The van der Waals surface area contributed by atoms with Crippen LogP contribution in [0.5, 0.6) is 0 Å². The lowest BCUT2D eigenvalue weighted by molar-refractivity contribution is -0.384. The van der Waals surface area contributed by atoms with Gasteiger partial charge in [-0.25, -0.2) is 4.68 Å². The van der Waals surface area contributed by atoms with Gasteiger partial charge in [0.2, 0.25) is 5.91 Å². The fraction of sp³-hybridized carbons (Fsp3) is 0.200. The van der Waals surface area contributed by atoms with E-state index in [1.165, 1.54) is 28.9 Å². The van der Waals surface area contributed by atoms with Crippen LogP contribution in [0.4, 0.5) is 11.4 Å². The van der Waals surface area contributed by atoms with Crippen molar-refractivity contribution in [3.8, 4) is 11.3 Å². The second-order valence-electron chi connectivity index (χ2n) is 6.43. The van der Waals surface area contributed by atoms with Crippen molar-refractivity contribution in [3.63, 3.8) is 0 Å². The molecule has 0 saturated carbocycles. The summed E-state index contributed by atoms with van der Waals surface area (Å²) in [7, 11) is 0. The third-order valence-electron chi connectivity index (χ3n) is 4.29. The lowest BCUT2D eigenvalue weighted by Gasteiger charge is -2.09. The molecule has 2 aromatic heterocycles. The number of nitro benzene ring substituents is 1. The molecular formula is C20H19N5O4. The molecule has 29 heavy (non-hydrogen) atoms. The first-order valence-corrected chi connectivity index (χ1v) is 8.97. The fourth-order valence-corrected chi connectivity index (χ4v) is 2.78. The van der Waals surface area contributed by atoms with Gasteiger partial charge in [-0.05, 0) is 43.2 Å². The molecule has 2 heterocycles. The van der Waals surface area contributed by atoms with Crippen molar-refractivity contribution in [3.05, 3.63) is 80.9 Å². The quantitative estimate of drug-likeness (QED) is 0.487. The van der Waals surface area contributed by atoms with Gasteiger partial charge in [-0.3, -0.25) is 24.7 Å². The van der Waals surface area contributed by atoms with E-state index in [0.717, 1.165) is 5.56 Å². The smallest absolute Gasteiger partial charge is 0.269 e. The van der Waals surface area contributed by atoms with E-state index in [9.17, 15) is 19.7 Å². The molecule has 3 rings (SSSR count). The van der Waals surface area contributed by atoms with Crippen LogP contribution in [-0.2, 0) is 11.3 Å². The number of hydrogen-bond acceptors (Lipinski definition) is 6. The number of aromatic nitrogens is 3. The van der Waals surface area contributed by atoms with Crippen molar-refractivity contribution >= 4 is 17.3 Å². The Morgan fingerprint density at radius 2 is 2.07 bits per heavy atom. The van der Waals surface area contributed by atoms with Crippen molar-refractivity contribution in [1.82, 2.24) is 14.8 Å². The molecule has 0 fully saturated rings. The first-order valence-electron chi connectivity index (χ1n) is 8.97. The Balaban J connectivity index is 1.59. The summed E-state index contributed by atoms with van der Waals surface area (Å²) in [4.78, 5) is 38.6. The fourth-order valence-electron chi connectivity index (χ4n) is 2.78. The molecule has 1 amide bonds. The Kier molecular flexibility index (Phi) is 6.08. The van der Waals surface area contributed by atoms with Crippen LogP contribution in [0, 0.1) is 17.0 Å². The van der Waals surface area contributed by atoms with Gasteiger partial charge in [-0.1, -0.05) is 0 Å². The molecule has 0 bridgehead atoms. The first-order chi connectivity index (χ1) is 13.9. The van der Waals surface area contributed by atoms with E-state index >= 15 is 0 Å². The van der Waals surface area contributed by atoms with Crippen molar-refractivity contribution in [1.29, 1.82) is 0 Å². The van der Waals surface area contributed by atoms with E-state index in [0.29, 0.717) is 29.9 Å². The zero-order valence-electron chi connectivity index (χ0n) is 15.7. The van der Waals surface area contributed by atoms with Crippen LogP contribution in [0.15, 0.2) is 59.7 Å². The number of nitro groups is 1. The number of hydrogen-bond donors (Lipinski definition) is 1. The maximum atomic E-state index is 12.2. The third-order valence-corrected chi connectivity index (χ3v) is 4.29. The standard InChI is InChI=1S/C20H19N5O4/c1-14-12-16(25(28)29)6-7-17(14)22-19(26)5-3-11-24-20(27)9-8-18(23-24)15-4-2-10-21-13-15/h2,4,6-10,12-13H,3,5,11H2,1H3,(H,22,26). The Bertz CT molecular complexity index is 1100. The minimum absolute atomic E-state index is 0.0283. The van der Waals surface area contributed by atoms with Gasteiger partial charge in [-0.2, -0.15) is 5.10 Å². The molecule has 148 valence electrons. The molecule has 0 unspecified atom stereocenters. The molecule has 0 aliphatic heterocycles. The summed E-state index contributed by atoms with van der Waals surface area (Å²) in [6.45, 7) is 1.98. The first kappa shape index (κ1) is 19.9. The van der Waals surface area contributed by atoms with Crippen LogP contribution in [0.2, 0.25) is 0 Å². The zero-order chi connectivity index (χ0) is 20.8. The van der Waals surface area contributed by atoms with Gasteiger partial charge < -0.3 is 5.32 Å². The SMILES string of the molecule is Cc1cc([N+](=O)[O-])ccc1NC(=O)CCCn1nc(-c2cccnc2)ccc1=O. The number of aryl methyl sites for hydroxylation is 2. The van der Waals surface area contributed by atoms with Crippen LogP contribution in [0.25, 0.3) is 11.3 Å². The van der Waals surface area contributed by atoms with Crippen LogP contribution in [-0.4, -0.2) is 25.6 Å². The van der Waals surface area contributed by atoms with Crippen LogP contribution >= 0.6 is 0 Å². The summed E-state index contributed by atoms with van der Waals surface area (Å²) in [5, 5.41) is 17.9. The zero-order valence-corrected chi connectivity index (χ0v) is 15.7. The monoisotopic (exact) mass is 393 g/mol. The summed E-state index contributed by atoms with van der Waals surface area (Å²) >= 11 is 0. The molecular weight excluding hydrogens is 374 g/mol. The lowest BCUT2D eigenvalue weighted by Crippen LogP contribution is -2.23. The summed E-state index contributed by atoms with van der Waals surface area (Å²) in [6.07, 6.45) is 3.92. The average Bonchev–Trinajstić information content (AvgIpc) is 2.71. The Morgan fingerprint density at radius 1 is 1.24 bits per heavy atom. The lowest BCUT2D eigenvalue weighted by atomic mass is 10.1. The van der Waals surface area contributed by atoms with Gasteiger partial charge in [-0.15, -0.1) is 0 Å². The summed E-state index contributed by atoms with van der Waals surface area (Å²) < 4.78 is 1.33. The molecule has 0 aliphatic carbocycles. The van der Waals surface area contributed by atoms with E-state index in [1.807, 2.05) is 6.07 Å². The highest BCUT2D eigenvalue weighted by Gasteiger charge is 2.11. The highest BCUT2D eigenvalue weighted by molar-refractivity contribution is 5.91. The number of pyridine rings is 1.